The molecule has 0 N–H and O–H groups in total. The lowest BCUT2D eigenvalue weighted by Gasteiger charge is -2.48. The first kappa shape index (κ1) is 19.0. The molecular weight excluding hydrogens is 372 g/mol. The van der Waals surface area contributed by atoms with E-state index in [1.54, 1.807) is 16.2 Å². The number of thiophene rings is 1. The molecule has 6 nitrogen and oxygen atoms in total. The Bertz CT molecular complexity index is 818. The number of nitrogens with zero attached hydrogens (tertiary/aromatic N) is 4. The Kier molecular flexibility index (Phi) is 5.40. The number of rotatable bonds is 3. The maximum atomic E-state index is 12.8. The van der Waals surface area contributed by atoms with Crippen LogP contribution in [-0.2, 0) is 16.0 Å². The second-order valence-electron chi connectivity index (χ2n) is 7.87. The molecule has 1 aliphatic carbocycles. The average molecular weight is 399 g/mol. The molecule has 1 aromatic heterocycles. The SMILES string of the molecule is CN1C(=O)C(C#N)=C(N2CCN(C(=O)Cc3cccs3)CC2)C2CCCCC21. The largest absolute Gasteiger partial charge is 0.370 e. The zero-order valence-corrected chi connectivity index (χ0v) is 17.1. The number of likely N-dealkylation sites (N-methyl/N-ethyl adjacent to an activating group) is 1. The number of fused-ring (bicyclic) bond motifs is 1. The molecule has 0 bridgehead atoms. The Labute approximate surface area is 170 Å². The minimum absolute atomic E-state index is 0.142. The van der Waals surface area contributed by atoms with Crippen LogP contribution >= 0.6 is 11.3 Å². The van der Waals surface area contributed by atoms with Crippen LogP contribution in [-0.4, -0.2) is 65.8 Å². The van der Waals surface area contributed by atoms with Gasteiger partial charge in [-0.2, -0.15) is 5.26 Å². The number of amides is 2. The second-order valence-corrected chi connectivity index (χ2v) is 8.90. The number of hydrogen-bond acceptors (Lipinski definition) is 5. The fourth-order valence-electron chi connectivity index (χ4n) is 4.88. The summed E-state index contributed by atoms with van der Waals surface area (Å²) in [5.41, 5.74) is 1.25. The summed E-state index contributed by atoms with van der Waals surface area (Å²) in [4.78, 5) is 32.4. The smallest absolute Gasteiger partial charge is 0.266 e. The maximum absolute atomic E-state index is 12.8. The fourth-order valence-corrected chi connectivity index (χ4v) is 5.58. The van der Waals surface area contributed by atoms with Crippen molar-refractivity contribution < 1.29 is 9.59 Å². The highest BCUT2D eigenvalue weighted by atomic mass is 32.1. The average Bonchev–Trinajstić information content (AvgIpc) is 3.23. The lowest BCUT2D eigenvalue weighted by molar-refractivity contribution is -0.133. The van der Waals surface area contributed by atoms with Crippen LogP contribution in [0.4, 0.5) is 0 Å². The standard InChI is InChI=1S/C21H26N4O2S/c1-23-18-7-3-2-6-16(18)20(17(14-22)21(23)27)25-10-8-24(9-11-25)19(26)13-15-5-4-12-28-15/h4-5,12,16,18H,2-3,6-11,13H2,1H3. The van der Waals surface area contributed by atoms with Crippen LogP contribution in [0.5, 0.6) is 0 Å². The van der Waals surface area contributed by atoms with Gasteiger partial charge < -0.3 is 14.7 Å². The zero-order valence-electron chi connectivity index (χ0n) is 16.3. The van der Waals surface area contributed by atoms with Crippen molar-refractivity contribution in [2.45, 2.75) is 38.1 Å². The molecule has 7 heteroatoms. The summed E-state index contributed by atoms with van der Waals surface area (Å²) in [6.07, 6.45) is 4.77. The minimum atomic E-state index is -0.142. The van der Waals surface area contributed by atoms with Gasteiger partial charge in [0.1, 0.15) is 11.6 Å². The predicted molar refractivity (Wildman–Crippen MR) is 107 cm³/mol. The van der Waals surface area contributed by atoms with E-state index in [-0.39, 0.29) is 23.8 Å². The summed E-state index contributed by atoms with van der Waals surface area (Å²) in [7, 11) is 1.83. The molecule has 3 heterocycles. The summed E-state index contributed by atoms with van der Waals surface area (Å²) in [6, 6.07) is 6.36. The molecule has 148 valence electrons. The van der Waals surface area contributed by atoms with E-state index < -0.39 is 0 Å². The third-order valence-corrected chi connectivity index (χ3v) is 7.24. The molecular formula is C21H26N4O2S. The van der Waals surface area contributed by atoms with Crippen LogP contribution in [0.15, 0.2) is 28.8 Å². The van der Waals surface area contributed by atoms with E-state index in [1.807, 2.05) is 29.5 Å². The molecule has 2 fully saturated rings. The number of nitriles is 1. The lowest BCUT2D eigenvalue weighted by Crippen LogP contribution is -2.55. The Balaban J connectivity index is 1.49. The van der Waals surface area contributed by atoms with Gasteiger partial charge in [0.05, 0.1) is 6.42 Å². The van der Waals surface area contributed by atoms with E-state index in [0.717, 1.165) is 36.3 Å². The van der Waals surface area contributed by atoms with E-state index in [4.69, 9.17) is 0 Å². The van der Waals surface area contributed by atoms with E-state index in [9.17, 15) is 14.9 Å². The number of hydrogen-bond donors (Lipinski definition) is 0. The topological polar surface area (TPSA) is 67.7 Å². The minimum Gasteiger partial charge on any atom is -0.370 e. The van der Waals surface area contributed by atoms with Crippen molar-refractivity contribution in [3.63, 3.8) is 0 Å². The van der Waals surface area contributed by atoms with Crippen molar-refractivity contribution in [3.05, 3.63) is 33.7 Å². The van der Waals surface area contributed by atoms with Crippen molar-refractivity contribution in [2.24, 2.45) is 5.92 Å². The summed E-state index contributed by atoms with van der Waals surface area (Å²) < 4.78 is 0. The Morgan fingerprint density at radius 2 is 2.00 bits per heavy atom. The third kappa shape index (κ3) is 3.42. The highest BCUT2D eigenvalue weighted by molar-refractivity contribution is 7.10. The highest BCUT2D eigenvalue weighted by Crippen LogP contribution is 2.40. The lowest BCUT2D eigenvalue weighted by atomic mass is 9.77. The summed E-state index contributed by atoms with van der Waals surface area (Å²) in [6.45, 7) is 2.68. The quantitative estimate of drug-likeness (QED) is 0.783. The maximum Gasteiger partial charge on any atom is 0.266 e. The van der Waals surface area contributed by atoms with Crippen LogP contribution < -0.4 is 0 Å². The Morgan fingerprint density at radius 3 is 2.68 bits per heavy atom. The zero-order chi connectivity index (χ0) is 19.7. The van der Waals surface area contributed by atoms with Gasteiger partial charge in [-0.15, -0.1) is 11.3 Å². The van der Waals surface area contributed by atoms with E-state index in [1.165, 1.54) is 0 Å². The van der Waals surface area contributed by atoms with Gasteiger partial charge in [-0.05, 0) is 24.3 Å². The second kappa shape index (κ2) is 7.96. The van der Waals surface area contributed by atoms with Crippen LogP contribution in [0, 0.1) is 17.2 Å². The molecule has 2 atom stereocenters. The molecule has 2 unspecified atom stereocenters. The predicted octanol–water partition coefficient (Wildman–Crippen LogP) is 2.24. The van der Waals surface area contributed by atoms with E-state index in [0.29, 0.717) is 38.2 Å². The van der Waals surface area contributed by atoms with Crippen molar-refractivity contribution in [1.29, 1.82) is 5.26 Å². The normalized spacial score (nSPS) is 25.6. The van der Waals surface area contributed by atoms with Gasteiger partial charge in [-0.25, -0.2) is 0 Å². The molecule has 4 rings (SSSR count). The molecule has 0 spiro atoms. The molecule has 0 radical (unpaired) electrons. The summed E-state index contributed by atoms with van der Waals surface area (Å²) in [5.74, 6) is 0.267. The van der Waals surface area contributed by atoms with Gasteiger partial charge in [-0.3, -0.25) is 9.59 Å². The van der Waals surface area contributed by atoms with Gasteiger partial charge in [0, 0.05) is 55.8 Å². The van der Waals surface area contributed by atoms with Gasteiger partial charge >= 0.3 is 0 Å². The summed E-state index contributed by atoms with van der Waals surface area (Å²) in [5, 5.41) is 11.7. The third-order valence-electron chi connectivity index (χ3n) is 6.36. The van der Waals surface area contributed by atoms with Gasteiger partial charge in [-0.1, -0.05) is 18.9 Å². The van der Waals surface area contributed by atoms with E-state index >= 15 is 0 Å². The fraction of sp³-hybridized carbons (Fsp3) is 0.571. The molecule has 2 aliphatic heterocycles. The Morgan fingerprint density at radius 1 is 1.25 bits per heavy atom. The van der Waals surface area contributed by atoms with Crippen molar-refractivity contribution in [3.8, 4) is 6.07 Å². The van der Waals surface area contributed by atoms with Gasteiger partial charge in [0.2, 0.25) is 5.91 Å². The van der Waals surface area contributed by atoms with Crippen molar-refractivity contribution in [2.75, 3.05) is 33.2 Å². The molecule has 1 saturated carbocycles. The van der Waals surface area contributed by atoms with Crippen LogP contribution in [0.2, 0.25) is 0 Å². The van der Waals surface area contributed by atoms with Crippen LogP contribution in [0.1, 0.15) is 30.6 Å². The molecule has 3 aliphatic rings. The summed E-state index contributed by atoms with van der Waals surface area (Å²) >= 11 is 1.61. The van der Waals surface area contributed by atoms with Gasteiger partial charge in [0.25, 0.3) is 5.91 Å². The van der Waals surface area contributed by atoms with Crippen LogP contribution in [0.25, 0.3) is 0 Å². The monoisotopic (exact) mass is 398 g/mol. The van der Waals surface area contributed by atoms with Crippen molar-refractivity contribution in [1.82, 2.24) is 14.7 Å². The molecule has 2 amide bonds. The molecule has 0 aromatic carbocycles. The molecule has 28 heavy (non-hydrogen) atoms. The first-order valence-electron chi connectivity index (χ1n) is 10.1. The van der Waals surface area contributed by atoms with Crippen LogP contribution in [0.3, 0.4) is 0 Å². The van der Waals surface area contributed by atoms with E-state index in [2.05, 4.69) is 11.0 Å². The molecule has 1 saturated heterocycles. The first-order chi connectivity index (χ1) is 13.6. The first-order valence-corrected chi connectivity index (χ1v) is 10.9. The highest BCUT2D eigenvalue weighted by Gasteiger charge is 2.43. The Hall–Kier alpha value is -2.33. The number of carbonyl (C=O) groups is 2. The molecule has 1 aromatic rings. The number of carbonyl (C=O) groups excluding carboxylic acids is 2. The number of piperazine rings is 1. The van der Waals surface area contributed by atoms with Crippen molar-refractivity contribution >= 4 is 23.2 Å². The van der Waals surface area contributed by atoms with Gasteiger partial charge in [0.15, 0.2) is 0 Å².